The van der Waals surface area contributed by atoms with E-state index in [1.54, 1.807) is 23.9 Å². The van der Waals surface area contributed by atoms with Crippen molar-refractivity contribution in [3.05, 3.63) is 104 Å². The van der Waals surface area contributed by atoms with E-state index in [0.717, 1.165) is 17.0 Å². The van der Waals surface area contributed by atoms with Gasteiger partial charge in [-0.1, -0.05) is 83.0 Å². The molecule has 1 aromatic heterocycles. The van der Waals surface area contributed by atoms with Gasteiger partial charge in [0.05, 0.1) is 22.3 Å². The Labute approximate surface area is 211 Å². The van der Waals surface area contributed by atoms with Crippen LogP contribution in [0.2, 0.25) is 15.1 Å². The van der Waals surface area contributed by atoms with Gasteiger partial charge in [-0.2, -0.15) is 0 Å². The zero-order chi connectivity index (χ0) is 23.4. The molecule has 0 saturated heterocycles. The van der Waals surface area contributed by atoms with E-state index in [1.807, 2.05) is 47.9 Å². The van der Waals surface area contributed by atoms with Crippen molar-refractivity contribution in [3.8, 4) is 5.69 Å². The van der Waals surface area contributed by atoms with Crippen LogP contribution in [0.25, 0.3) is 5.69 Å². The number of halogens is 3. The van der Waals surface area contributed by atoms with Crippen molar-refractivity contribution in [2.45, 2.75) is 24.4 Å². The van der Waals surface area contributed by atoms with Gasteiger partial charge in [0.2, 0.25) is 0 Å². The summed E-state index contributed by atoms with van der Waals surface area (Å²) in [6.45, 7) is 2.17. The Kier molecular flexibility index (Phi) is 7.60. The Hall–Kier alpha value is -2.51. The average Bonchev–Trinajstić information content (AvgIpc) is 3.22. The normalized spacial score (nSPS) is 10.9. The van der Waals surface area contributed by atoms with E-state index in [9.17, 15) is 4.79 Å². The van der Waals surface area contributed by atoms with Gasteiger partial charge in [0.1, 0.15) is 0 Å². The van der Waals surface area contributed by atoms with Gasteiger partial charge in [0.15, 0.2) is 11.0 Å². The fourth-order valence-corrected chi connectivity index (χ4v) is 4.58. The standard InChI is InChI=1S/C24H19Cl3N4OS/c1-15-7-9-18(25)12-21(15)31-22(13-28-23(32)17-8-10-19(26)20(27)11-17)29-30-24(31)33-14-16-5-3-2-4-6-16/h2-12H,13-14H2,1H3,(H,28,32). The largest absolute Gasteiger partial charge is 0.345 e. The third-order valence-corrected chi connectivity index (χ3v) is 6.89. The van der Waals surface area contributed by atoms with Gasteiger partial charge >= 0.3 is 0 Å². The fourth-order valence-electron chi connectivity index (χ4n) is 3.19. The molecule has 0 unspecified atom stereocenters. The third-order valence-electron chi connectivity index (χ3n) is 4.91. The lowest BCUT2D eigenvalue weighted by Crippen LogP contribution is -2.24. The molecule has 3 aromatic carbocycles. The van der Waals surface area contributed by atoms with E-state index in [4.69, 9.17) is 34.8 Å². The topological polar surface area (TPSA) is 59.8 Å². The number of benzene rings is 3. The lowest BCUT2D eigenvalue weighted by molar-refractivity contribution is 0.0949. The molecule has 1 heterocycles. The highest BCUT2D eigenvalue weighted by Crippen LogP contribution is 2.28. The molecule has 0 aliphatic rings. The summed E-state index contributed by atoms with van der Waals surface area (Å²) in [5.74, 6) is 1.03. The second-order valence-corrected chi connectivity index (χ2v) is 9.44. The molecule has 5 nitrogen and oxygen atoms in total. The minimum absolute atomic E-state index is 0.171. The summed E-state index contributed by atoms with van der Waals surface area (Å²) < 4.78 is 1.93. The first-order valence-corrected chi connectivity index (χ1v) is 12.1. The van der Waals surface area contributed by atoms with Crippen molar-refractivity contribution < 1.29 is 4.79 Å². The van der Waals surface area contributed by atoms with Crippen molar-refractivity contribution in [2.75, 3.05) is 0 Å². The summed E-state index contributed by atoms with van der Waals surface area (Å²) in [7, 11) is 0. The van der Waals surface area contributed by atoms with Crippen molar-refractivity contribution >= 4 is 52.5 Å². The van der Waals surface area contributed by atoms with Crippen LogP contribution in [0.3, 0.4) is 0 Å². The highest BCUT2D eigenvalue weighted by atomic mass is 35.5. The smallest absolute Gasteiger partial charge is 0.251 e. The average molecular weight is 518 g/mol. The maximum atomic E-state index is 12.7. The lowest BCUT2D eigenvalue weighted by Gasteiger charge is -2.14. The van der Waals surface area contributed by atoms with E-state index < -0.39 is 0 Å². The van der Waals surface area contributed by atoms with Gasteiger partial charge in [-0.3, -0.25) is 9.36 Å². The van der Waals surface area contributed by atoms with Crippen LogP contribution in [0.15, 0.2) is 71.9 Å². The zero-order valence-corrected chi connectivity index (χ0v) is 20.6. The summed E-state index contributed by atoms with van der Waals surface area (Å²) in [5, 5.41) is 13.7. The van der Waals surface area contributed by atoms with Crippen LogP contribution in [-0.4, -0.2) is 20.7 Å². The number of nitrogens with one attached hydrogen (secondary N) is 1. The molecule has 168 valence electrons. The van der Waals surface area contributed by atoms with Gasteiger partial charge in [-0.15, -0.1) is 10.2 Å². The van der Waals surface area contributed by atoms with Crippen LogP contribution in [-0.2, 0) is 12.3 Å². The maximum absolute atomic E-state index is 12.7. The number of thioether (sulfide) groups is 1. The molecule has 0 radical (unpaired) electrons. The number of aryl methyl sites for hydroxylation is 1. The van der Waals surface area contributed by atoms with E-state index in [2.05, 4.69) is 27.6 Å². The molecule has 4 rings (SSSR count). The van der Waals surface area contributed by atoms with Gasteiger partial charge < -0.3 is 5.32 Å². The van der Waals surface area contributed by atoms with Crippen molar-refractivity contribution in [1.29, 1.82) is 0 Å². The number of carbonyl (C=O) groups excluding carboxylic acids is 1. The summed E-state index contributed by atoms with van der Waals surface area (Å²) in [6.07, 6.45) is 0. The minimum atomic E-state index is -0.288. The zero-order valence-electron chi connectivity index (χ0n) is 17.6. The molecular weight excluding hydrogens is 499 g/mol. The number of amides is 1. The summed E-state index contributed by atoms with van der Waals surface area (Å²) in [6, 6.07) is 20.5. The van der Waals surface area contributed by atoms with Crippen molar-refractivity contribution in [2.24, 2.45) is 0 Å². The predicted octanol–water partition coefficient (Wildman–Crippen LogP) is 6.76. The van der Waals surface area contributed by atoms with Crippen LogP contribution in [0.1, 0.15) is 27.3 Å². The van der Waals surface area contributed by atoms with Gasteiger partial charge in [-0.05, 0) is 48.4 Å². The first-order chi connectivity index (χ1) is 15.9. The van der Waals surface area contributed by atoms with Crippen molar-refractivity contribution in [3.63, 3.8) is 0 Å². The van der Waals surface area contributed by atoms with E-state index in [-0.39, 0.29) is 12.5 Å². The molecule has 1 amide bonds. The Morgan fingerprint density at radius 1 is 0.970 bits per heavy atom. The first kappa shape index (κ1) is 23.6. The van der Waals surface area contributed by atoms with Gasteiger partial charge in [0.25, 0.3) is 5.91 Å². The molecule has 0 bridgehead atoms. The molecule has 9 heteroatoms. The van der Waals surface area contributed by atoms with E-state index >= 15 is 0 Å². The number of carbonyl (C=O) groups is 1. The SMILES string of the molecule is Cc1ccc(Cl)cc1-n1c(CNC(=O)c2ccc(Cl)c(Cl)c2)nnc1SCc1ccccc1. The van der Waals surface area contributed by atoms with Gasteiger partial charge in [0, 0.05) is 16.3 Å². The summed E-state index contributed by atoms with van der Waals surface area (Å²) in [5.41, 5.74) is 3.46. The molecule has 1 N–H and O–H groups in total. The Balaban J connectivity index is 1.61. The van der Waals surface area contributed by atoms with Crippen LogP contribution in [0, 0.1) is 6.92 Å². The summed E-state index contributed by atoms with van der Waals surface area (Å²) in [4.78, 5) is 12.7. The monoisotopic (exact) mass is 516 g/mol. The quantitative estimate of drug-likeness (QED) is 0.275. The number of hydrogen-bond acceptors (Lipinski definition) is 4. The van der Waals surface area contributed by atoms with E-state index in [0.29, 0.717) is 31.6 Å². The third kappa shape index (κ3) is 5.71. The molecule has 0 saturated carbocycles. The second-order valence-electron chi connectivity index (χ2n) is 7.25. The molecule has 0 fully saturated rings. The Morgan fingerprint density at radius 3 is 2.52 bits per heavy atom. The number of hydrogen-bond donors (Lipinski definition) is 1. The molecule has 0 aliphatic heterocycles. The number of rotatable bonds is 7. The lowest BCUT2D eigenvalue weighted by atomic mass is 10.2. The highest BCUT2D eigenvalue weighted by Gasteiger charge is 2.18. The highest BCUT2D eigenvalue weighted by molar-refractivity contribution is 7.98. The molecule has 0 aliphatic carbocycles. The predicted molar refractivity (Wildman–Crippen MR) is 135 cm³/mol. The Bertz CT molecular complexity index is 1290. The Morgan fingerprint density at radius 2 is 1.76 bits per heavy atom. The minimum Gasteiger partial charge on any atom is -0.345 e. The van der Waals surface area contributed by atoms with Crippen LogP contribution < -0.4 is 5.32 Å². The van der Waals surface area contributed by atoms with Gasteiger partial charge in [-0.25, -0.2) is 0 Å². The molecule has 0 spiro atoms. The summed E-state index contributed by atoms with van der Waals surface area (Å²) >= 11 is 19.9. The fraction of sp³-hybridized carbons (Fsp3) is 0.125. The van der Waals surface area contributed by atoms with Crippen LogP contribution in [0.5, 0.6) is 0 Å². The molecule has 4 aromatic rings. The number of nitrogens with zero attached hydrogens (tertiary/aromatic N) is 3. The van der Waals surface area contributed by atoms with Crippen LogP contribution >= 0.6 is 46.6 Å². The number of aromatic nitrogens is 3. The van der Waals surface area contributed by atoms with Crippen LogP contribution in [0.4, 0.5) is 0 Å². The van der Waals surface area contributed by atoms with E-state index in [1.165, 1.54) is 11.6 Å². The molecule has 0 atom stereocenters. The second kappa shape index (κ2) is 10.6. The van der Waals surface area contributed by atoms with Crippen molar-refractivity contribution in [1.82, 2.24) is 20.1 Å². The molecule has 33 heavy (non-hydrogen) atoms. The molecular formula is C24H19Cl3N4OS. The maximum Gasteiger partial charge on any atom is 0.251 e. The first-order valence-electron chi connectivity index (χ1n) is 10.0.